The third-order valence-electron chi connectivity index (χ3n) is 9.05. The van der Waals surface area contributed by atoms with Crippen LogP contribution in [0.25, 0.3) is 6.08 Å². The molecule has 6 unspecified atom stereocenters. The van der Waals surface area contributed by atoms with E-state index in [1.54, 1.807) is 0 Å². The average Bonchev–Trinajstić information content (AvgIpc) is 2.75. The number of amides is 1. The maximum absolute atomic E-state index is 13.0. The summed E-state index contributed by atoms with van der Waals surface area (Å²) in [4.78, 5) is 24.5. The molecule has 0 radical (unpaired) electrons. The largest absolute Gasteiger partial charge is 0.462 e. The number of benzene rings is 1. The molecule has 1 aromatic carbocycles. The first-order chi connectivity index (χ1) is 15.3. The molecule has 3 aliphatic carbocycles. The van der Waals surface area contributed by atoms with Crippen LogP contribution in [0, 0.1) is 23.2 Å². The van der Waals surface area contributed by atoms with E-state index in [1.807, 2.05) is 18.2 Å². The standard InChI is InChI=1S/C28H35NO3/c1-18(30)32-22-11-13-27(2)21(17-22)9-10-23-24(27)12-14-28(3)25(23)16-20(26(31)29-28)15-19-7-5-4-6-8-19/h4-9,15,22-25H,10-14,16-17H2,1-3H3,(H,29,31)/b20-15+. The van der Waals surface area contributed by atoms with Crippen LogP contribution in [0.15, 0.2) is 47.6 Å². The molecular formula is C28H35NO3. The molecule has 1 amide bonds. The number of ether oxygens (including phenoxy) is 1. The van der Waals surface area contributed by atoms with E-state index in [1.165, 1.54) is 12.5 Å². The molecule has 1 heterocycles. The van der Waals surface area contributed by atoms with Crippen LogP contribution in [-0.2, 0) is 14.3 Å². The summed E-state index contributed by atoms with van der Waals surface area (Å²) in [6.07, 6.45) is 11.6. The Morgan fingerprint density at radius 1 is 1.09 bits per heavy atom. The zero-order chi connectivity index (χ0) is 22.5. The fourth-order valence-electron chi connectivity index (χ4n) is 7.36. The van der Waals surface area contributed by atoms with Crippen molar-refractivity contribution in [2.45, 2.75) is 77.4 Å². The Kier molecular flexibility index (Phi) is 5.30. The van der Waals surface area contributed by atoms with Gasteiger partial charge in [-0.2, -0.15) is 0 Å². The molecule has 170 valence electrons. The Labute approximate surface area is 191 Å². The lowest BCUT2D eigenvalue weighted by Gasteiger charge is -2.60. The van der Waals surface area contributed by atoms with Crippen molar-refractivity contribution < 1.29 is 14.3 Å². The molecule has 1 aliphatic heterocycles. The van der Waals surface area contributed by atoms with Gasteiger partial charge in [0.1, 0.15) is 6.10 Å². The summed E-state index contributed by atoms with van der Waals surface area (Å²) in [6, 6.07) is 10.2. The van der Waals surface area contributed by atoms with Gasteiger partial charge in [0, 0.05) is 24.5 Å². The van der Waals surface area contributed by atoms with Crippen LogP contribution in [0.1, 0.15) is 71.3 Å². The minimum Gasteiger partial charge on any atom is -0.462 e. The first-order valence-electron chi connectivity index (χ1n) is 12.2. The van der Waals surface area contributed by atoms with E-state index in [2.05, 4.69) is 43.4 Å². The number of allylic oxidation sites excluding steroid dienone is 1. The van der Waals surface area contributed by atoms with Crippen molar-refractivity contribution in [2.24, 2.45) is 23.2 Å². The average molecular weight is 434 g/mol. The molecule has 1 N–H and O–H groups in total. The third kappa shape index (κ3) is 3.62. The van der Waals surface area contributed by atoms with Gasteiger partial charge in [0.05, 0.1) is 0 Å². The van der Waals surface area contributed by atoms with E-state index in [0.29, 0.717) is 17.8 Å². The van der Waals surface area contributed by atoms with Crippen LogP contribution < -0.4 is 5.32 Å². The first-order valence-corrected chi connectivity index (χ1v) is 12.2. The summed E-state index contributed by atoms with van der Waals surface area (Å²) >= 11 is 0. The summed E-state index contributed by atoms with van der Waals surface area (Å²) in [5.41, 5.74) is 3.57. The highest BCUT2D eigenvalue weighted by molar-refractivity contribution is 5.99. The van der Waals surface area contributed by atoms with Crippen molar-refractivity contribution in [2.75, 3.05) is 0 Å². The lowest BCUT2D eigenvalue weighted by molar-refractivity contribution is -0.148. The van der Waals surface area contributed by atoms with Gasteiger partial charge in [0.25, 0.3) is 0 Å². The third-order valence-corrected chi connectivity index (χ3v) is 9.05. The second-order valence-electron chi connectivity index (χ2n) is 10.9. The van der Waals surface area contributed by atoms with Crippen molar-refractivity contribution in [1.82, 2.24) is 5.32 Å². The molecular weight excluding hydrogens is 398 g/mol. The molecule has 0 spiro atoms. The molecule has 6 atom stereocenters. The predicted molar refractivity (Wildman–Crippen MR) is 125 cm³/mol. The normalized spacial score (nSPS) is 39.8. The summed E-state index contributed by atoms with van der Waals surface area (Å²) in [5, 5.41) is 3.43. The minimum absolute atomic E-state index is 0.0339. The smallest absolute Gasteiger partial charge is 0.302 e. The van der Waals surface area contributed by atoms with Gasteiger partial charge in [-0.15, -0.1) is 0 Å². The quantitative estimate of drug-likeness (QED) is 0.384. The topological polar surface area (TPSA) is 55.4 Å². The van der Waals surface area contributed by atoms with Crippen molar-refractivity contribution in [3.8, 4) is 0 Å². The molecule has 1 aromatic rings. The molecule has 32 heavy (non-hydrogen) atoms. The Morgan fingerprint density at radius 2 is 1.88 bits per heavy atom. The molecule has 0 bridgehead atoms. The fourth-order valence-corrected chi connectivity index (χ4v) is 7.36. The van der Waals surface area contributed by atoms with Crippen LogP contribution in [0.4, 0.5) is 0 Å². The zero-order valence-electron chi connectivity index (χ0n) is 19.5. The molecule has 3 fully saturated rings. The van der Waals surface area contributed by atoms with Crippen molar-refractivity contribution in [3.63, 3.8) is 0 Å². The lowest BCUT2D eigenvalue weighted by atomic mass is 9.48. The number of hydrogen-bond donors (Lipinski definition) is 1. The SMILES string of the molecule is CC(=O)OC1CCC2(C)C(=CCC3C4C/C(=C\c5ccccc5)C(=O)NC4(C)CCC32)C1. The van der Waals surface area contributed by atoms with E-state index in [0.717, 1.165) is 56.1 Å². The second kappa shape index (κ2) is 7.90. The summed E-state index contributed by atoms with van der Waals surface area (Å²) < 4.78 is 5.57. The van der Waals surface area contributed by atoms with Crippen LogP contribution in [0.5, 0.6) is 0 Å². The van der Waals surface area contributed by atoms with Gasteiger partial charge in [-0.3, -0.25) is 9.59 Å². The van der Waals surface area contributed by atoms with E-state index in [9.17, 15) is 9.59 Å². The van der Waals surface area contributed by atoms with Gasteiger partial charge in [-0.25, -0.2) is 0 Å². The van der Waals surface area contributed by atoms with Crippen LogP contribution in [0.3, 0.4) is 0 Å². The van der Waals surface area contributed by atoms with Gasteiger partial charge in [0.15, 0.2) is 0 Å². The van der Waals surface area contributed by atoms with Gasteiger partial charge < -0.3 is 10.1 Å². The summed E-state index contributed by atoms with van der Waals surface area (Å²) in [7, 11) is 0. The van der Waals surface area contributed by atoms with Crippen LogP contribution in [-0.4, -0.2) is 23.5 Å². The fraction of sp³-hybridized carbons (Fsp3) is 0.571. The maximum Gasteiger partial charge on any atom is 0.302 e. The van der Waals surface area contributed by atoms with Crippen molar-refractivity contribution in [3.05, 3.63) is 53.1 Å². The van der Waals surface area contributed by atoms with Gasteiger partial charge in [-0.1, -0.05) is 48.9 Å². The first kappa shape index (κ1) is 21.5. The monoisotopic (exact) mass is 433 g/mol. The number of hydrogen-bond acceptors (Lipinski definition) is 3. The highest BCUT2D eigenvalue weighted by atomic mass is 16.5. The Morgan fingerprint density at radius 3 is 2.62 bits per heavy atom. The number of piperidine rings is 1. The zero-order valence-corrected chi connectivity index (χ0v) is 19.5. The number of esters is 1. The highest BCUT2D eigenvalue weighted by Gasteiger charge is 2.56. The second-order valence-corrected chi connectivity index (χ2v) is 10.9. The summed E-state index contributed by atoms with van der Waals surface area (Å²) in [6.45, 7) is 6.23. The van der Waals surface area contributed by atoms with E-state index < -0.39 is 0 Å². The molecule has 5 rings (SSSR count). The van der Waals surface area contributed by atoms with Gasteiger partial charge in [-0.05, 0) is 80.3 Å². The van der Waals surface area contributed by atoms with Gasteiger partial charge in [0.2, 0.25) is 5.91 Å². The Balaban J connectivity index is 1.42. The number of carbonyl (C=O) groups is 2. The number of fused-ring (bicyclic) bond motifs is 5. The molecule has 2 saturated carbocycles. The summed E-state index contributed by atoms with van der Waals surface area (Å²) in [5.74, 6) is 1.59. The molecule has 1 saturated heterocycles. The van der Waals surface area contributed by atoms with E-state index in [-0.39, 0.29) is 28.9 Å². The predicted octanol–water partition coefficient (Wildman–Crippen LogP) is 5.44. The number of rotatable bonds is 2. The van der Waals surface area contributed by atoms with Crippen molar-refractivity contribution in [1.29, 1.82) is 0 Å². The van der Waals surface area contributed by atoms with Crippen LogP contribution in [0.2, 0.25) is 0 Å². The molecule has 4 aliphatic rings. The molecule has 4 nitrogen and oxygen atoms in total. The van der Waals surface area contributed by atoms with E-state index >= 15 is 0 Å². The Bertz CT molecular complexity index is 980. The molecule has 4 heteroatoms. The van der Waals surface area contributed by atoms with Gasteiger partial charge >= 0.3 is 5.97 Å². The minimum atomic E-state index is -0.169. The Hall–Kier alpha value is -2.36. The van der Waals surface area contributed by atoms with E-state index in [4.69, 9.17) is 4.74 Å². The highest BCUT2D eigenvalue weighted by Crippen LogP contribution is 2.61. The molecule has 0 aromatic heterocycles. The maximum atomic E-state index is 13.0. The number of carbonyl (C=O) groups excluding carboxylic acids is 2. The van der Waals surface area contributed by atoms with Crippen molar-refractivity contribution >= 4 is 18.0 Å². The number of nitrogens with one attached hydrogen (secondary N) is 1. The lowest BCUT2D eigenvalue weighted by Crippen LogP contribution is -2.63. The van der Waals surface area contributed by atoms with Crippen LogP contribution >= 0.6 is 0 Å².